The Kier molecular flexibility index (Phi) is 3.18. The van der Waals surface area contributed by atoms with E-state index >= 15 is 0 Å². The van der Waals surface area contributed by atoms with Gasteiger partial charge in [0, 0.05) is 34.5 Å². The smallest absolute Gasteiger partial charge is 0.140 e. The summed E-state index contributed by atoms with van der Waals surface area (Å²) >= 11 is 3.42. The summed E-state index contributed by atoms with van der Waals surface area (Å²) in [6.45, 7) is 0. The fraction of sp³-hybridized carbons (Fsp3) is 0.444. The molecule has 1 aliphatic rings. The lowest BCUT2D eigenvalue weighted by molar-refractivity contribution is 0.686. The molecule has 1 aromatic rings. The van der Waals surface area contributed by atoms with E-state index in [1.54, 1.807) is 6.20 Å². The number of anilines is 1. The Morgan fingerprint density at radius 1 is 1.64 bits per heavy atom. The molecule has 0 amide bonds. The molecule has 1 aliphatic heterocycles. The lowest BCUT2D eigenvalue weighted by atomic mass is 10.2. The van der Waals surface area contributed by atoms with Crippen LogP contribution in [0.2, 0.25) is 0 Å². The SMILES string of the molecule is O=S1CCC(Nc2ncccc2Br)C1. The van der Waals surface area contributed by atoms with Gasteiger partial charge in [-0.25, -0.2) is 4.98 Å². The average molecular weight is 275 g/mol. The Morgan fingerprint density at radius 2 is 2.50 bits per heavy atom. The number of hydrogen-bond donors (Lipinski definition) is 1. The van der Waals surface area contributed by atoms with Gasteiger partial charge in [-0.1, -0.05) is 0 Å². The van der Waals surface area contributed by atoms with Crippen LogP contribution in [0.1, 0.15) is 6.42 Å². The van der Waals surface area contributed by atoms with Gasteiger partial charge in [0.15, 0.2) is 0 Å². The zero-order valence-electron chi connectivity index (χ0n) is 7.57. The summed E-state index contributed by atoms with van der Waals surface area (Å²) in [4.78, 5) is 4.21. The van der Waals surface area contributed by atoms with E-state index in [9.17, 15) is 4.21 Å². The average Bonchev–Trinajstić information content (AvgIpc) is 2.56. The third-order valence-electron chi connectivity index (χ3n) is 2.18. The van der Waals surface area contributed by atoms with Gasteiger partial charge in [-0.05, 0) is 34.5 Å². The second-order valence-electron chi connectivity index (χ2n) is 3.27. The Bertz CT molecular complexity index is 358. The van der Waals surface area contributed by atoms with Crippen molar-refractivity contribution in [2.45, 2.75) is 12.5 Å². The topological polar surface area (TPSA) is 42.0 Å². The maximum Gasteiger partial charge on any atom is 0.140 e. The minimum Gasteiger partial charge on any atom is -0.365 e. The molecule has 76 valence electrons. The summed E-state index contributed by atoms with van der Waals surface area (Å²) in [7, 11) is -0.639. The Morgan fingerprint density at radius 3 is 3.14 bits per heavy atom. The number of rotatable bonds is 2. The molecule has 2 unspecified atom stereocenters. The lowest BCUT2D eigenvalue weighted by Crippen LogP contribution is -2.20. The maximum atomic E-state index is 11.2. The second-order valence-corrected chi connectivity index (χ2v) is 5.75. The molecule has 0 aliphatic carbocycles. The Balaban J connectivity index is 2.04. The van der Waals surface area contributed by atoms with Gasteiger partial charge >= 0.3 is 0 Å². The van der Waals surface area contributed by atoms with Gasteiger partial charge in [-0.15, -0.1) is 0 Å². The minimum atomic E-state index is -0.639. The van der Waals surface area contributed by atoms with Crippen molar-refractivity contribution in [3.63, 3.8) is 0 Å². The quantitative estimate of drug-likeness (QED) is 0.894. The van der Waals surface area contributed by atoms with Crippen LogP contribution in [0.5, 0.6) is 0 Å². The monoisotopic (exact) mass is 274 g/mol. The van der Waals surface area contributed by atoms with Crippen molar-refractivity contribution in [3.05, 3.63) is 22.8 Å². The van der Waals surface area contributed by atoms with E-state index in [1.165, 1.54) is 0 Å². The highest BCUT2D eigenvalue weighted by Gasteiger charge is 2.21. The van der Waals surface area contributed by atoms with E-state index in [2.05, 4.69) is 26.2 Å². The normalized spacial score (nSPS) is 26.4. The van der Waals surface area contributed by atoms with E-state index in [1.807, 2.05) is 12.1 Å². The molecule has 2 heterocycles. The Hall–Kier alpha value is -0.420. The molecule has 1 fully saturated rings. The summed E-state index contributed by atoms with van der Waals surface area (Å²) in [5, 5.41) is 3.29. The first-order valence-electron chi connectivity index (χ1n) is 4.48. The molecule has 1 saturated heterocycles. The minimum absolute atomic E-state index is 0.307. The number of halogens is 1. The predicted molar refractivity (Wildman–Crippen MR) is 61.8 cm³/mol. The van der Waals surface area contributed by atoms with Gasteiger partial charge in [-0.2, -0.15) is 0 Å². The summed E-state index contributed by atoms with van der Waals surface area (Å²) in [5.74, 6) is 2.39. The zero-order valence-corrected chi connectivity index (χ0v) is 9.97. The lowest BCUT2D eigenvalue weighted by Gasteiger charge is -2.12. The molecule has 1 aromatic heterocycles. The molecule has 0 radical (unpaired) electrons. The molecule has 2 rings (SSSR count). The van der Waals surface area contributed by atoms with Gasteiger partial charge in [-0.3, -0.25) is 4.21 Å². The molecule has 0 spiro atoms. The standard InChI is InChI=1S/C9H11BrN2OS/c10-8-2-1-4-11-9(8)12-7-3-5-14(13)6-7/h1-2,4,7H,3,5-6H2,(H,11,12). The molecule has 0 saturated carbocycles. The molecule has 3 nitrogen and oxygen atoms in total. The van der Waals surface area contributed by atoms with E-state index < -0.39 is 10.8 Å². The van der Waals surface area contributed by atoms with E-state index in [0.717, 1.165) is 28.2 Å². The van der Waals surface area contributed by atoms with Gasteiger partial charge in [0.05, 0.1) is 4.47 Å². The number of nitrogens with one attached hydrogen (secondary N) is 1. The highest BCUT2D eigenvalue weighted by atomic mass is 79.9. The number of hydrogen-bond acceptors (Lipinski definition) is 3. The van der Waals surface area contributed by atoms with Crippen LogP contribution in [0, 0.1) is 0 Å². The molecule has 1 N–H and O–H groups in total. The molecule has 2 atom stereocenters. The third kappa shape index (κ3) is 2.33. The van der Waals surface area contributed by atoms with Crippen molar-refractivity contribution < 1.29 is 4.21 Å². The first-order valence-corrected chi connectivity index (χ1v) is 6.76. The highest BCUT2D eigenvalue weighted by molar-refractivity contribution is 9.10. The Labute approximate surface area is 93.9 Å². The van der Waals surface area contributed by atoms with Crippen molar-refractivity contribution >= 4 is 32.5 Å². The van der Waals surface area contributed by atoms with Crippen molar-refractivity contribution in [1.29, 1.82) is 0 Å². The van der Waals surface area contributed by atoms with Crippen LogP contribution in [0.3, 0.4) is 0 Å². The van der Waals surface area contributed by atoms with E-state index in [4.69, 9.17) is 0 Å². The van der Waals surface area contributed by atoms with E-state index in [0.29, 0.717) is 6.04 Å². The summed E-state index contributed by atoms with van der Waals surface area (Å²) in [6, 6.07) is 4.13. The van der Waals surface area contributed by atoms with E-state index in [-0.39, 0.29) is 0 Å². The predicted octanol–water partition coefficient (Wildman–Crippen LogP) is 1.78. The van der Waals surface area contributed by atoms with Gasteiger partial charge in [0.1, 0.15) is 5.82 Å². The molecule has 0 aromatic carbocycles. The fourth-order valence-electron chi connectivity index (χ4n) is 1.46. The van der Waals surface area contributed by atoms with Crippen molar-refractivity contribution in [1.82, 2.24) is 4.98 Å². The van der Waals surface area contributed by atoms with Crippen LogP contribution >= 0.6 is 15.9 Å². The highest BCUT2D eigenvalue weighted by Crippen LogP contribution is 2.21. The van der Waals surface area contributed by atoms with Gasteiger partial charge in [0.2, 0.25) is 0 Å². The van der Waals surface area contributed by atoms with Crippen LogP contribution in [0.4, 0.5) is 5.82 Å². The molecule has 5 heteroatoms. The molecule has 14 heavy (non-hydrogen) atoms. The first-order chi connectivity index (χ1) is 6.75. The van der Waals surface area contributed by atoms with Gasteiger partial charge < -0.3 is 5.32 Å². The summed E-state index contributed by atoms with van der Waals surface area (Å²) in [6.07, 6.45) is 2.72. The van der Waals surface area contributed by atoms with Crippen molar-refractivity contribution in [2.24, 2.45) is 0 Å². The van der Waals surface area contributed by atoms with Crippen molar-refractivity contribution in [3.8, 4) is 0 Å². The summed E-state index contributed by atoms with van der Waals surface area (Å²) in [5.41, 5.74) is 0. The molecular weight excluding hydrogens is 264 g/mol. The molecular formula is C9H11BrN2OS. The van der Waals surface area contributed by atoms with Crippen LogP contribution in [0.25, 0.3) is 0 Å². The first kappa shape index (κ1) is 10.1. The zero-order chi connectivity index (χ0) is 9.97. The summed E-state index contributed by atoms with van der Waals surface area (Å²) < 4.78 is 12.1. The van der Waals surface area contributed by atoms with Crippen LogP contribution in [-0.2, 0) is 10.8 Å². The number of aromatic nitrogens is 1. The van der Waals surface area contributed by atoms with Crippen LogP contribution < -0.4 is 5.32 Å². The largest absolute Gasteiger partial charge is 0.365 e. The van der Waals surface area contributed by atoms with Crippen LogP contribution in [0.15, 0.2) is 22.8 Å². The second kappa shape index (κ2) is 4.40. The number of pyridine rings is 1. The molecule has 0 bridgehead atoms. The maximum absolute atomic E-state index is 11.2. The fourth-order valence-corrected chi connectivity index (χ4v) is 3.25. The number of nitrogens with zero attached hydrogens (tertiary/aromatic N) is 1. The van der Waals surface area contributed by atoms with Crippen LogP contribution in [-0.4, -0.2) is 26.7 Å². The van der Waals surface area contributed by atoms with Crippen molar-refractivity contribution in [2.75, 3.05) is 16.8 Å². The third-order valence-corrected chi connectivity index (χ3v) is 4.29. The van der Waals surface area contributed by atoms with Gasteiger partial charge in [0.25, 0.3) is 0 Å².